The van der Waals surface area contributed by atoms with Crippen LogP contribution in [0.3, 0.4) is 0 Å². The van der Waals surface area contributed by atoms with Crippen LogP contribution in [0.1, 0.15) is 51.0 Å². The zero-order valence-electron chi connectivity index (χ0n) is 19.1. The number of pyridine rings is 1. The van der Waals surface area contributed by atoms with Gasteiger partial charge in [-0.3, -0.25) is 0 Å². The van der Waals surface area contributed by atoms with Crippen molar-refractivity contribution in [2.45, 2.75) is 58.4 Å². The van der Waals surface area contributed by atoms with E-state index in [1.165, 1.54) is 48.9 Å². The quantitative estimate of drug-likeness (QED) is 0.314. The molecule has 5 nitrogen and oxygen atoms in total. The van der Waals surface area contributed by atoms with Gasteiger partial charge in [0, 0.05) is 12.5 Å². The van der Waals surface area contributed by atoms with Crippen LogP contribution < -0.4 is 23.5 Å². The largest absolute Gasteiger partial charge is 0.493 e. The number of methoxy groups -OCH3 is 1. The Morgan fingerprint density at radius 2 is 1.78 bits per heavy atom. The minimum absolute atomic E-state index is 0.301. The second-order valence-corrected chi connectivity index (χ2v) is 8.68. The van der Waals surface area contributed by atoms with Gasteiger partial charge in [-0.2, -0.15) is 4.57 Å². The molecule has 3 heterocycles. The number of benzene rings is 2. The molecule has 0 spiro atoms. The van der Waals surface area contributed by atoms with Crippen molar-refractivity contribution in [3.63, 3.8) is 0 Å². The van der Waals surface area contributed by atoms with E-state index in [-0.39, 0.29) is 0 Å². The Hall–Kier alpha value is -2.95. The first kappa shape index (κ1) is 20.9. The SMILES string of the molecule is CCCCCCCCOc1c(OC)ccc2cc3[n+](cc12)CCc1cc2c(cc1-3)OCO2. The highest BCUT2D eigenvalue weighted by molar-refractivity contribution is 5.91. The number of rotatable bonds is 9. The summed E-state index contributed by atoms with van der Waals surface area (Å²) in [5.41, 5.74) is 3.72. The maximum Gasteiger partial charge on any atom is 0.231 e. The van der Waals surface area contributed by atoms with Crippen molar-refractivity contribution >= 4 is 10.8 Å². The summed E-state index contributed by atoms with van der Waals surface area (Å²) in [5.74, 6) is 3.33. The zero-order chi connectivity index (χ0) is 21.9. The maximum absolute atomic E-state index is 6.29. The van der Waals surface area contributed by atoms with Gasteiger partial charge in [0.25, 0.3) is 0 Å². The molecule has 1 aromatic heterocycles. The molecule has 168 valence electrons. The minimum Gasteiger partial charge on any atom is -0.493 e. The van der Waals surface area contributed by atoms with Gasteiger partial charge in [0.15, 0.2) is 35.7 Å². The molecule has 0 saturated carbocycles. The van der Waals surface area contributed by atoms with E-state index in [1.807, 2.05) is 6.07 Å². The van der Waals surface area contributed by atoms with Crippen LogP contribution in [0, 0.1) is 0 Å². The third-order valence-electron chi connectivity index (χ3n) is 6.54. The molecule has 0 aliphatic carbocycles. The van der Waals surface area contributed by atoms with Gasteiger partial charge in [0.05, 0.1) is 24.7 Å². The van der Waals surface area contributed by atoms with E-state index in [2.05, 4.69) is 42.0 Å². The van der Waals surface area contributed by atoms with Crippen molar-refractivity contribution in [2.75, 3.05) is 20.5 Å². The number of fused-ring (bicyclic) bond motifs is 5. The summed E-state index contributed by atoms with van der Waals surface area (Å²) >= 11 is 0. The molecular weight excluding hydrogens is 402 g/mol. The molecule has 0 N–H and O–H groups in total. The standard InChI is InChI=1S/C27H32NO4/c1-3-4-5-6-7-8-13-30-27-22-17-28-12-11-20-15-25-26(32-18-31-25)16-21(20)23(28)14-19(22)9-10-24(27)29-2/h9-10,14-17H,3-8,11-13,18H2,1-2H3/q+1. The Labute approximate surface area is 189 Å². The number of ether oxygens (including phenoxy) is 4. The molecule has 0 fully saturated rings. The van der Waals surface area contributed by atoms with Gasteiger partial charge in [-0.1, -0.05) is 39.0 Å². The smallest absolute Gasteiger partial charge is 0.231 e. The molecule has 0 saturated heterocycles. The summed E-state index contributed by atoms with van der Waals surface area (Å²) in [4.78, 5) is 0. The van der Waals surface area contributed by atoms with Crippen LogP contribution >= 0.6 is 0 Å². The highest BCUT2D eigenvalue weighted by Gasteiger charge is 2.28. The molecule has 32 heavy (non-hydrogen) atoms. The number of nitrogens with zero attached hydrogens (tertiary/aromatic N) is 1. The average Bonchev–Trinajstić information content (AvgIpc) is 3.28. The fourth-order valence-corrected chi connectivity index (χ4v) is 4.76. The summed E-state index contributed by atoms with van der Waals surface area (Å²) < 4.78 is 25.5. The predicted octanol–water partition coefficient (Wildman–Crippen LogP) is 5.83. The molecule has 0 unspecified atom stereocenters. The molecule has 0 bridgehead atoms. The van der Waals surface area contributed by atoms with E-state index in [9.17, 15) is 0 Å². The number of hydrogen-bond acceptors (Lipinski definition) is 4. The lowest BCUT2D eigenvalue weighted by Crippen LogP contribution is -2.40. The lowest BCUT2D eigenvalue weighted by molar-refractivity contribution is -0.686. The van der Waals surface area contributed by atoms with E-state index in [4.69, 9.17) is 18.9 Å². The van der Waals surface area contributed by atoms with Crippen LogP contribution in [0.25, 0.3) is 22.0 Å². The number of unbranched alkanes of at least 4 members (excludes halogenated alkanes) is 5. The normalized spacial score (nSPS) is 13.7. The van der Waals surface area contributed by atoms with Crippen molar-refractivity contribution in [2.24, 2.45) is 0 Å². The van der Waals surface area contributed by atoms with Crippen molar-refractivity contribution in [3.05, 3.63) is 42.1 Å². The second-order valence-electron chi connectivity index (χ2n) is 8.68. The third kappa shape index (κ3) is 3.96. The van der Waals surface area contributed by atoms with E-state index < -0.39 is 0 Å². The summed E-state index contributed by atoms with van der Waals surface area (Å²) in [6.45, 7) is 4.19. The van der Waals surface area contributed by atoms with Crippen LogP contribution in [0.5, 0.6) is 23.0 Å². The fraction of sp³-hybridized carbons (Fsp3) is 0.444. The lowest BCUT2D eigenvalue weighted by atomic mass is 9.95. The number of aryl methyl sites for hydroxylation is 2. The van der Waals surface area contributed by atoms with Gasteiger partial charge in [0.1, 0.15) is 0 Å². The van der Waals surface area contributed by atoms with Gasteiger partial charge in [-0.25, -0.2) is 0 Å². The first-order valence-electron chi connectivity index (χ1n) is 11.9. The first-order valence-corrected chi connectivity index (χ1v) is 11.9. The molecule has 2 aliphatic heterocycles. The molecule has 2 aromatic carbocycles. The fourth-order valence-electron chi connectivity index (χ4n) is 4.76. The minimum atomic E-state index is 0.301. The Balaban J connectivity index is 1.43. The first-order chi connectivity index (χ1) is 15.8. The molecule has 0 atom stereocenters. The van der Waals surface area contributed by atoms with E-state index in [0.717, 1.165) is 59.8 Å². The molecule has 5 rings (SSSR count). The van der Waals surface area contributed by atoms with Gasteiger partial charge in [-0.05, 0) is 41.6 Å². The molecule has 0 amide bonds. The van der Waals surface area contributed by atoms with Crippen molar-refractivity contribution in [1.82, 2.24) is 0 Å². The molecule has 0 radical (unpaired) electrons. The van der Waals surface area contributed by atoms with E-state index in [1.54, 1.807) is 7.11 Å². The molecular formula is C27H32NO4+. The Kier molecular flexibility index (Phi) is 6.06. The Morgan fingerprint density at radius 1 is 0.969 bits per heavy atom. The second kappa shape index (κ2) is 9.27. The topological polar surface area (TPSA) is 40.8 Å². The molecule has 3 aromatic rings. The molecule has 5 heteroatoms. The highest BCUT2D eigenvalue weighted by Crippen LogP contribution is 2.41. The van der Waals surface area contributed by atoms with Gasteiger partial charge < -0.3 is 18.9 Å². The van der Waals surface area contributed by atoms with Gasteiger partial charge in [-0.15, -0.1) is 0 Å². The van der Waals surface area contributed by atoms with Crippen LogP contribution in [0.2, 0.25) is 0 Å². The number of aromatic nitrogens is 1. The van der Waals surface area contributed by atoms with Crippen LogP contribution in [-0.2, 0) is 13.0 Å². The summed E-state index contributed by atoms with van der Waals surface area (Å²) in [5, 5.41) is 2.25. The van der Waals surface area contributed by atoms with Gasteiger partial charge in [0.2, 0.25) is 12.5 Å². The lowest BCUT2D eigenvalue weighted by Gasteiger charge is -2.18. The van der Waals surface area contributed by atoms with Crippen LogP contribution in [0.15, 0.2) is 36.5 Å². The maximum atomic E-state index is 6.29. The van der Waals surface area contributed by atoms with Crippen molar-refractivity contribution in [1.29, 1.82) is 0 Å². The van der Waals surface area contributed by atoms with Crippen molar-refractivity contribution < 1.29 is 23.5 Å². The van der Waals surface area contributed by atoms with E-state index in [0.29, 0.717) is 6.79 Å². The van der Waals surface area contributed by atoms with Crippen molar-refractivity contribution in [3.8, 4) is 34.3 Å². The van der Waals surface area contributed by atoms with E-state index >= 15 is 0 Å². The van der Waals surface area contributed by atoms with Gasteiger partial charge >= 0.3 is 0 Å². The van der Waals surface area contributed by atoms with Crippen LogP contribution in [-0.4, -0.2) is 20.5 Å². The monoisotopic (exact) mass is 434 g/mol. The Morgan fingerprint density at radius 3 is 2.62 bits per heavy atom. The predicted molar refractivity (Wildman–Crippen MR) is 125 cm³/mol. The number of hydrogen-bond donors (Lipinski definition) is 0. The highest BCUT2D eigenvalue weighted by atomic mass is 16.7. The molecule has 2 aliphatic rings. The van der Waals surface area contributed by atoms with Crippen LogP contribution in [0.4, 0.5) is 0 Å². The summed E-state index contributed by atoms with van der Waals surface area (Å²) in [6, 6.07) is 10.6. The Bertz CT molecular complexity index is 1120. The zero-order valence-corrected chi connectivity index (χ0v) is 19.1. The summed E-state index contributed by atoms with van der Waals surface area (Å²) in [6.07, 6.45) is 10.7. The average molecular weight is 435 g/mol. The summed E-state index contributed by atoms with van der Waals surface area (Å²) in [7, 11) is 1.71. The third-order valence-corrected chi connectivity index (χ3v) is 6.54.